The number of rotatable bonds is 9. The van der Waals surface area contributed by atoms with Gasteiger partial charge in [-0.3, -0.25) is 4.79 Å². The zero-order valence-corrected chi connectivity index (χ0v) is 19.0. The number of nitrogens with one attached hydrogen (secondary N) is 1. The summed E-state index contributed by atoms with van der Waals surface area (Å²) in [7, 11) is -3.77. The van der Waals surface area contributed by atoms with Crippen LogP contribution >= 0.6 is 0 Å². The summed E-state index contributed by atoms with van der Waals surface area (Å²) in [4.78, 5) is 24.0. The predicted octanol–water partition coefficient (Wildman–Crippen LogP) is 3.22. The van der Waals surface area contributed by atoms with Crippen molar-refractivity contribution in [2.45, 2.75) is 38.7 Å². The lowest BCUT2D eigenvalue weighted by atomic mass is 10.0. The minimum atomic E-state index is -3.77. The third-order valence-corrected chi connectivity index (χ3v) is 6.38. The van der Waals surface area contributed by atoms with E-state index in [9.17, 15) is 18.0 Å². The first-order chi connectivity index (χ1) is 15.2. The van der Waals surface area contributed by atoms with E-state index < -0.39 is 21.6 Å². The lowest BCUT2D eigenvalue weighted by Gasteiger charge is -2.10. The summed E-state index contributed by atoms with van der Waals surface area (Å²) in [6, 6.07) is 10.9. The fourth-order valence-corrected chi connectivity index (χ4v) is 4.12. The van der Waals surface area contributed by atoms with Gasteiger partial charge in [0, 0.05) is 23.6 Å². The fraction of sp³-hybridized carbons (Fsp3) is 0.304. The summed E-state index contributed by atoms with van der Waals surface area (Å²) in [5.41, 5.74) is 2.42. The van der Waals surface area contributed by atoms with Crippen molar-refractivity contribution in [3.63, 3.8) is 0 Å². The van der Waals surface area contributed by atoms with Crippen molar-refractivity contribution in [2.24, 2.45) is 0 Å². The number of aryl methyl sites for hydroxylation is 2. The Balaban J connectivity index is 1.58. The topological polar surface area (TPSA) is 112 Å². The van der Waals surface area contributed by atoms with Crippen LogP contribution in [0, 0.1) is 13.8 Å². The third kappa shape index (κ3) is 5.74. The lowest BCUT2D eigenvalue weighted by molar-refractivity contribution is -0.144. The maximum atomic E-state index is 12.4. The molecule has 0 saturated heterocycles. The summed E-state index contributed by atoms with van der Waals surface area (Å²) in [6.07, 6.45) is -0.159. The lowest BCUT2D eigenvalue weighted by Crippen LogP contribution is -2.26. The Morgan fingerprint density at radius 3 is 2.44 bits per heavy atom. The van der Waals surface area contributed by atoms with Crippen LogP contribution in [-0.4, -0.2) is 27.5 Å². The second-order valence-electron chi connectivity index (χ2n) is 7.24. The van der Waals surface area contributed by atoms with E-state index in [1.54, 1.807) is 18.2 Å². The van der Waals surface area contributed by atoms with Gasteiger partial charge in [0.25, 0.3) is 0 Å². The van der Waals surface area contributed by atoms with E-state index in [0.717, 1.165) is 11.1 Å². The van der Waals surface area contributed by atoms with Crippen molar-refractivity contribution in [3.8, 4) is 5.75 Å². The van der Waals surface area contributed by atoms with Gasteiger partial charge in [0.2, 0.25) is 10.0 Å². The van der Waals surface area contributed by atoms with Crippen LogP contribution in [-0.2, 0) is 26.2 Å². The normalized spacial score (nSPS) is 11.5. The Kier molecular flexibility index (Phi) is 7.32. The molecular weight excluding hydrogens is 434 g/mol. The molecule has 9 heteroatoms. The first-order valence-corrected chi connectivity index (χ1v) is 11.6. The van der Waals surface area contributed by atoms with Gasteiger partial charge in [-0.2, -0.15) is 0 Å². The average Bonchev–Trinajstić information content (AvgIpc) is 2.74. The number of hydrogen-bond donors (Lipinski definition) is 1. The van der Waals surface area contributed by atoms with Crippen molar-refractivity contribution in [1.29, 1.82) is 0 Å². The monoisotopic (exact) mass is 459 g/mol. The van der Waals surface area contributed by atoms with Crippen LogP contribution in [0.15, 0.2) is 56.6 Å². The van der Waals surface area contributed by atoms with Gasteiger partial charge in [-0.05, 0) is 68.3 Å². The van der Waals surface area contributed by atoms with E-state index in [2.05, 4.69) is 4.72 Å². The van der Waals surface area contributed by atoms with Crippen LogP contribution in [0.3, 0.4) is 0 Å². The summed E-state index contributed by atoms with van der Waals surface area (Å²) in [5, 5.41) is 0.691. The smallest absolute Gasteiger partial charge is 0.336 e. The number of benzene rings is 2. The molecule has 1 aromatic heterocycles. The molecule has 0 radical (unpaired) electrons. The minimum absolute atomic E-state index is 0.0717. The van der Waals surface area contributed by atoms with Crippen molar-refractivity contribution in [3.05, 3.63) is 69.6 Å². The summed E-state index contributed by atoms with van der Waals surface area (Å²) in [5.74, 6) is -0.0209. The van der Waals surface area contributed by atoms with Gasteiger partial charge in [-0.25, -0.2) is 17.9 Å². The van der Waals surface area contributed by atoms with Crippen molar-refractivity contribution >= 4 is 27.0 Å². The molecule has 170 valence electrons. The Labute approximate surface area is 186 Å². The first kappa shape index (κ1) is 23.5. The Bertz CT molecular complexity index is 1280. The van der Waals surface area contributed by atoms with Crippen LogP contribution in [0.5, 0.6) is 5.75 Å². The number of esters is 1. The highest BCUT2D eigenvalue weighted by Crippen LogP contribution is 2.22. The molecule has 0 atom stereocenters. The molecule has 2 aromatic carbocycles. The van der Waals surface area contributed by atoms with Crippen molar-refractivity contribution < 1.29 is 27.1 Å². The van der Waals surface area contributed by atoms with Gasteiger partial charge in [0.05, 0.1) is 17.9 Å². The maximum absolute atomic E-state index is 12.4. The second kappa shape index (κ2) is 9.97. The molecule has 8 nitrogen and oxygen atoms in total. The molecule has 3 rings (SSSR count). The summed E-state index contributed by atoms with van der Waals surface area (Å²) < 4.78 is 42.9. The van der Waals surface area contributed by atoms with E-state index in [4.69, 9.17) is 13.9 Å². The quantitative estimate of drug-likeness (QED) is 0.386. The number of fused-ring (bicyclic) bond motifs is 1. The van der Waals surface area contributed by atoms with Gasteiger partial charge in [-0.1, -0.05) is 0 Å². The van der Waals surface area contributed by atoms with Gasteiger partial charge in [0.1, 0.15) is 17.9 Å². The zero-order chi connectivity index (χ0) is 23.3. The third-order valence-electron chi connectivity index (χ3n) is 4.90. The SMILES string of the molecule is CCOc1ccc(S(=O)(=O)NCCC(=O)OCc2cc(=O)oc3cc(C)c(C)cc23)cc1. The fourth-order valence-electron chi connectivity index (χ4n) is 3.09. The van der Waals surface area contributed by atoms with Crippen LogP contribution in [0.1, 0.15) is 30.0 Å². The molecule has 0 unspecified atom stereocenters. The van der Waals surface area contributed by atoms with E-state index >= 15 is 0 Å². The van der Waals surface area contributed by atoms with Gasteiger partial charge >= 0.3 is 11.6 Å². The van der Waals surface area contributed by atoms with E-state index in [-0.39, 0.29) is 24.5 Å². The van der Waals surface area contributed by atoms with E-state index in [1.165, 1.54) is 18.2 Å². The van der Waals surface area contributed by atoms with Crippen LogP contribution in [0.25, 0.3) is 11.0 Å². The molecule has 32 heavy (non-hydrogen) atoms. The standard InChI is InChI=1S/C23H25NO7S/c1-4-29-18-5-7-19(8-6-18)32(27,28)24-10-9-22(25)30-14-17-13-23(26)31-21-12-16(3)15(2)11-20(17)21/h5-8,11-13,24H,4,9-10,14H2,1-3H3. The molecule has 0 amide bonds. The van der Waals surface area contributed by atoms with E-state index in [1.807, 2.05) is 26.8 Å². The molecular formula is C23H25NO7S. The molecule has 0 fully saturated rings. The van der Waals surface area contributed by atoms with Gasteiger partial charge in [0.15, 0.2) is 0 Å². The van der Waals surface area contributed by atoms with Crippen LogP contribution in [0.4, 0.5) is 0 Å². The zero-order valence-electron chi connectivity index (χ0n) is 18.1. The average molecular weight is 460 g/mol. The Morgan fingerprint density at radius 2 is 1.75 bits per heavy atom. The largest absolute Gasteiger partial charge is 0.494 e. The molecule has 1 N–H and O–H groups in total. The number of hydrogen-bond acceptors (Lipinski definition) is 7. The molecule has 1 heterocycles. The van der Waals surface area contributed by atoms with Crippen LogP contribution in [0.2, 0.25) is 0 Å². The van der Waals surface area contributed by atoms with E-state index in [0.29, 0.717) is 28.9 Å². The molecule has 0 aliphatic rings. The number of sulfonamides is 1. The van der Waals surface area contributed by atoms with Gasteiger partial charge < -0.3 is 13.9 Å². The van der Waals surface area contributed by atoms with Crippen molar-refractivity contribution in [1.82, 2.24) is 4.72 Å². The number of ether oxygens (including phenoxy) is 2. The molecule has 0 bridgehead atoms. The Hall–Kier alpha value is -3.17. The molecule has 0 saturated carbocycles. The number of carbonyl (C=O) groups excluding carboxylic acids is 1. The maximum Gasteiger partial charge on any atom is 0.336 e. The first-order valence-electron chi connectivity index (χ1n) is 10.1. The molecule has 0 spiro atoms. The van der Waals surface area contributed by atoms with Crippen molar-refractivity contribution in [2.75, 3.05) is 13.2 Å². The molecule has 0 aliphatic carbocycles. The molecule has 3 aromatic rings. The second-order valence-corrected chi connectivity index (χ2v) is 9.00. The van der Waals surface area contributed by atoms with Gasteiger partial charge in [-0.15, -0.1) is 0 Å². The number of carbonyl (C=O) groups is 1. The Morgan fingerprint density at radius 1 is 1.06 bits per heavy atom. The highest BCUT2D eigenvalue weighted by atomic mass is 32.2. The highest BCUT2D eigenvalue weighted by Gasteiger charge is 2.15. The molecule has 0 aliphatic heterocycles. The van der Waals surface area contributed by atoms with Crippen LogP contribution < -0.4 is 15.1 Å². The predicted molar refractivity (Wildman–Crippen MR) is 119 cm³/mol. The summed E-state index contributed by atoms with van der Waals surface area (Å²) >= 11 is 0. The minimum Gasteiger partial charge on any atom is -0.494 e. The summed E-state index contributed by atoms with van der Waals surface area (Å²) in [6.45, 7) is 5.93. The highest BCUT2D eigenvalue weighted by molar-refractivity contribution is 7.89.